The molecule has 10 nitrogen and oxygen atoms in total. The Bertz CT molecular complexity index is 206. The summed E-state index contributed by atoms with van der Waals surface area (Å²) in [6.07, 6.45) is -6.84. The molecule has 0 aromatic carbocycles. The van der Waals surface area contributed by atoms with Gasteiger partial charge < -0.3 is 35.5 Å². The number of aliphatic hydroxyl groups is 5. The first-order valence-electron chi connectivity index (χ1n) is 3.89. The highest BCUT2D eigenvalue weighted by Crippen LogP contribution is 2.02. The first-order chi connectivity index (χ1) is 7.27. The maximum atomic E-state index is 9.90. The van der Waals surface area contributed by atoms with Gasteiger partial charge in [0.1, 0.15) is 24.4 Å². The van der Waals surface area contributed by atoms with E-state index in [-0.39, 0.29) is 6.29 Å². The van der Waals surface area contributed by atoms with E-state index in [1.165, 1.54) is 0 Å². The summed E-state index contributed by atoms with van der Waals surface area (Å²) in [5.41, 5.74) is 0. The molecule has 4 atom stereocenters. The minimum absolute atomic E-state index is 0.0258. The van der Waals surface area contributed by atoms with Crippen LogP contribution in [0.4, 0.5) is 0 Å². The van der Waals surface area contributed by atoms with E-state index in [2.05, 4.69) is 0 Å². The molecular formula is C6H13NO9. The Morgan fingerprint density at radius 3 is 1.81 bits per heavy atom. The summed E-state index contributed by atoms with van der Waals surface area (Å²) in [5, 5.41) is 57.2. The van der Waals surface area contributed by atoms with E-state index in [0.29, 0.717) is 0 Å². The van der Waals surface area contributed by atoms with Crippen molar-refractivity contribution in [2.45, 2.75) is 24.4 Å². The number of hydrogen-bond acceptors (Lipinski definition) is 8. The predicted octanol–water partition coefficient (Wildman–Crippen LogP) is -3.73. The molecule has 0 rings (SSSR count). The summed E-state index contributed by atoms with van der Waals surface area (Å²) in [6.45, 7) is -0.760. The molecule has 0 aromatic rings. The van der Waals surface area contributed by atoms with E-state index in [4.69, 9.17) is 40.9 Å². The smallest absolute Gasteiger partial charge is 0.291 e. The number of carbonyl (C=O) groups is 1. The van der Waals surface area contributed by atoms with Gasteiger partial charge in [-0.3, -0.25) is 0 Å². The number of aliphatic hydroxyl groups excluding tert-OH is 5. The van der Waals surface area contributed by atoms with Gasteiger partial charge in [0, 0.05) is 0 Å². The maximum Gasteiger partial charge on any atom is 0.291 e. The molecule has 0 heterocycles. The van der Waals surface area contributed by atoms with Crippen molar-refractivity contribution < 1.29 is 40.6 Å². The van der Waals surface area contributed by atoms with Gasteiger partial charge in [0.15, 0.2) is 6.29 Å². The summed E-state index contributed by atoms with van der Waals surface area (Å²) in [4.78, 5) is 18.3. The number of hydrogen-bond donors (Lipinski definition) is 6. The zero-order chi connectivity index (χ0) is 13.3. The number of rotatable bonds is 5. The lowest BCUT2D eigenvalue weighted by Gasteiger charge is -2.22. The number of aldehydes is 1. The highest BCUT2D eigenvalue weighted by molar-refractivity contribution is 5.56. The molecule has 0 aromatic heterocycles. The summed E-state index contributed by atoms with van der Waals surface area (Å²) in [7, 11) is 0. The fourth-order valence-electron chi connectivity index (χ4n) is 0.618. The fourth-order valence-corrected chi connectivity index (χ4v) is 0.618. The van der Waals surface area contributed by atoms with E-state index in [0.717, 1.165) is 0 Å². The molecule has 0 radical (unpaired) electrons. The monoisotopic (exact) mass is 243 g/mol. The second-order valence-corrected chi connectivity index (χ2v) is 2.60. The van der Waals surface area contributed by atoms with Gasteiger partial charge in [-0.15, -0.1) is 10.1 Å². The van der Waals surface area contributed by atoms with E-state index >= 15 is 0 Å². The zero-order valence-corrected chi connectivity index (χ0v) is 7.95. The summed E-state index contributed by atoms with van der Waals surface area (Å²) >= 11 is 0. The topological polar surface area (TPSA) is 182 Å². The van der Waals surface area contributed by atoms with E-state index in [9.17, 15) is 4.79 Å². The molecule has 0 aliphatic heterocycles. The third-order valence-corrected chi connectivity index (χ3v) is 1.42. The lowest BCUT2D eigenvalue weighted by atomic mass is 10.0. The molecule has 6 N–H and O–H groups in total. The van der Waals surface area contributed by atoms with Crippen LogP contribution in [0.25, 0.3) is 0 Å². The van der Waals surface area contributed by atoms with Crippen molar-refractivity contribution in [3.05, 3.63) is 10.1 Å². The summed E-state index contributed by atoms with van der Waals surface area (Å²) < 4.78 is 0. The van der Waals surface area contributed by atoms with Crippen LogP contribution in [0, 0.1) is 10.1 Å². The van der Waals surface area contributed by atoms with Crippen LogP contribution in [0.3, 0.4) is 0 Å². The normalized spacial score (nSPS) is 17.3. The Morgan fingerprint density at radius 1 is 1.19 bits per heavy atom. The quantitative estimate of drug-likeness (QED) is 0.160. The zero-order valence-electron chi connectivity index (χ0n) is 7.95. The second kappa shape index (κ2) is 8.94. The van der Waals surface area contributed by atoms with Crippen LogP contribution in [-0.2, 0) is 4.79 Å². The summed E-state index contributed by atoms with van der Waals surface area (Å²) in [6, 6.07) is 0. The molecule has 0 saturated heterocycles. The Labute approximate surface area is 89.1 Å². The Morgan fingerprint density at radius 2 is 1.56 bits per heavy atom. The summed E-state index contributed by atoms with van der Waals surface area (Å²) in [5.74, 6) is 0. The molecule has 0 unspecified atom stereocenters. The lowest BCUT2D eigenvalue weighted by Crippen LogP contribution is -2.46. The molecule has 0 fully saturated rings. The van der Waals surface area contributed by atoms with Crippen molar-refractivity contribution in [3.63, 3.8) is 0 Å². The molecule has 0 saturated carbocycles. The van der Waals surface area contributed by atoms with Gasteiger partial charge in [-0.1, -0.05) is 0 Å². The van der Waals surface area contributed by atoms with Crippen LogP contribution >= 0.6 is 0 Å². The van der Waals surface area contributed by atoms with Gasteiger partial charge in [0.05, 0.1) is 6.61 Å². The Balaban J connectivity index is 0. The average molecular weight is 243 g/mol. The third-order valence-electron chi connectivity index (χ3n) is 1.42. The van der Waals surface area contributed by atoms with Crippen molar-refractivity contribution in [2.75, 3.05) is 6.61 Å². The van der Waals surface area contributed by atoms with Crippen LogP contribution < -0.4 is 0 Å². The van der Waals surface area contributed by atoms with Crippen LogP contribution in [0.15, 0.2) is 0 Å². The second-order valence-electron chi connectivity index (χ2n) is 2.60. The van der Waals surface area contributed by atoms with Crippen LogP contribution in [0.1, 0.15) is 0 Å². The molecule has 0 aliphatic carbocycles. The van der Waals surface area contributed by atoms with Gasteiger partial charge in [0.2, 0.25) is 0 Å². The predicted molar refractivity (Wildman–Crippen MR) is 46.0 cm³/mol. The lowest BCUT2D eigenvalue weighted by molar-refractivity contribution is -0.742. The fraction of sp³-hybridized carbons (Fsp3) is 0.833. The standard InChI is InChI=1S/C6H12O6.HNO3/c7-1-3(9)5(11)6(12)4(10)2-8;2-1(3)4/h1,3-6,8-12H,2H2;(H,2,3,4)/t3-,4-,5-,6-;/m1./s1. The Hall–Kier alpha value is -1.33. The molecule has 96 valence electrons. The minimum Gasteiger partial charge on any atom is -0.394 e. The molecule has 0 amide bonds. The van der Waals surface area contributed by atoms with Crippen LogP contribution in [0.2, 0.25) is 0 Å². The molecule has 0 bridgehead atoms. The van der Waals surface area contributed by atoms with Crippen molar-refractivity contribution in [1.82, 2.24) is 0 Å². The number of nitrogens with zero attached hydrogens (tertiary/aromatic N) is 1. The van der Waals surface area contributed by atoms with Gasteiger partial charge in [0.25, 0.3) is 5.09 Å². The average Bonchev–Trinajstić information content (AvgIpc) is 2.24. The van der Waals surface area contributed by atoms with E-state index < -0.39 is 36.1 Å². The largest absolute Gasteiger partial charge is 0.394 e. The Kier molecular flexibility index (Phi) is 9.54. The van der Waals surface area contributed by atoms with Crippen molar-refractivity contribution >= 4 is 6.29 Å². The molecule has 0 aliphatic rings. The van der Waals surface area contributed by atoms with E-state index in [1.54, 1.807) is 0 Å². The van der Waals surface area contributed by atoms with E-state index in [1.807, 2.05) is 0 Å². The maximum absolute atomic E-state index is 9.90. The molecule has 16 heavy (non-hydrogen) atoms. The highest BCUT2D eigenvalue weighted by Gasteiger charge is 2.29. The first-order valence-corrected chi connectivity index (χ1v) is 3.89. The minimum atomic E-state index is -1.79. The first kappa shape index (κ1) is 17.1. The number of carbonyl (C=O) groups excluding carboxylic acids is 1. The van der Waals surface area contributed by atoms with Crippen molar-refractivity contribution in [3.8, 4) is 0 Å². The SMILES string of the molecule is O=C[C@@H](O)[C@@H](O)[C@H](O)[C@H](O)CO.O=[N+]([O-])O. The van der Waals surface area contributed by atoms with Crippen LogP contribution in [-0.4, -0.2) is 73.1 Å². The van der Waals surface area contributed by atoms with Crippen LogP contribution in [0.5, 0.6) is 0 Å². The van der Waals surface area contributed by atoms with Gasteiger partial charge in [-0.25, -0.2) is 0 Å². The molecule has 10 heteroatoms. The van der Waals surface area contributed by atoms with Crippen molar-refractivity contribution in [2.24, 2.45) is 0 Å². The van der Waals surface area contributed by atoms with Crippen molar-refractivity contribution in [1.29, 1.82) is 0 Å². The van der Waals surface area contributed by atoms with Gasteiger partial charge >= 0.3 is 0 Å². The molecule has 0 spiro atoms. The molecular weight excluding hydrogens is 230 g/mol. The third kappa shape index (κ3) is 8.02. The van der Waals surface area contributed by atoms with Gasteiger partial charge in [-0.05, 0) is 0 Å². The highest BCUT2D eigenvalue weighted by atomic mass is 16.9. The van der Waals surface area contributed by atoms with Gasteiger partial charge in [-0.2, -0.15) is 0 Å².